The summed E-state index contributed by atoms with van der Waals surface area (Å²) in [5.74, 6) is 0. The standard InChI is InChI=1S/C68H52N2/c1-3-53(65-33-17-26-57-24-13-15-31-66(57)65)28-19-49-69(61-43-41-59(42-44-61)68-34-18-27-58-25-14-16-32-67(58)68)51(2)35-36-60(50-52-20-7-4-8-21-52)56-39-47-64(48-40-56)70(62-29-11-6-12-30-62)63-45-37-55(38-46-63)54-22-9-5-10-23-54/h3-50H,1-2H2/b36-35-,49-19+,53-28+,60-50-. The van der Waals surface area contributed by atoms with Crippen LogP contribution in [0, 0.1) is 0 Å². The average Bonchev–Trinajstić information content (AvgIpc) is 3.43. The summed E-state index contributed by atoms with van der Waals surface area (Å²) in [6, 6.07) is 87.9. The van der Waals surface area contributed by atoms with Crippen molar-refractivity contribution in [1.82, 2.24) is 0 Å². The van der Waals surface area contributed by atoms with E-state index in [-0.39, 0.29) is 0 Å². The van der Waals surface area contributed by atoms with Gasteiger partial charge in [-0.1, -0.05) is 232 Å². The molecule has 0 fully saturated rings. The van der Waals surface area contributed by atoms with Crippen molar-refractivity contribution in [1.29, 1.82) is 0 Å². The van der Waals surface area contributed by atoms with Gasteiger partial charge >= 0.3 is 0 Å². The maximum Gasteiger partial charge on any atom is 0.0462 e. The smallest absolute Gasteiger partial charge is 0.0462 e. The van der Waals surface area contributed by atoms with Gasteiger partial charge in [-0.05, 0) is 138 Å². The van der Waals surface area contributed by atoms with E-state index < -0.39 is 0 Å². The molecule has 0 amide bonds. The number of rotatable bonds is 15. The van der Waals surface area contributed by atoms with Gasteiger partial charge in [0.2, 0.25) is 0 Å². The molecule has 0 unspecified atom stereocenters. The first-order valence-electron chi connectivity index (χ1n) is 23.7. The van der Waals surface area contributed by atoms with Gasteiger partial charge in [-0.15, -0.1) is 0 Å². The number of nitrogens with zero attached hydrogens (tertiary/aromatic N) is 2. The van der Waals surface area contributed by atoms with Crippen LogP contribution in [-0.4, -0.2) is 0 Å². The fourth-order valence-electron chi connectivity index (χ4n) is 9.09. The first-order chi connectivity index (χ1) is 34.6. The number of hydrogen-bond acceptors (Lipinski definition) is 2. The van der Waals surface area contributed by atoms with Crippen molar-refractivity contribution in [2.45, 2.75) is 0 Å². The van der Waals surface area contributed by atoms with E-state index in [2.05, 4.69) is 308 Å². The highest BCUT2D eigenvalue weighted by Crippen LogP contribution is 2.37. The van der Waals surface area contributed by atoms with Gasteiger partial charge in [0.25, 0.3) is 0 Å². The van der Waals surface area contributed by atoms with E-state index in [1.807, 2.05) is 6.08 Å². The van der Waals surface area contributed by atoms with Gasteiger partial charge in [0.15, 0.2) is 0 Å². The van der Waals surface area contributed by atoms with E-state index in [1.54, 1.807) is 0 Å². The van der Waals surface area contributed by atoms with Crippen LogP contribution in [-0.2, 0) is 0 Å². The fraction of sp³-hybridized carbons (Fsp3) is 0. The third-order valence-corrected chi connectivity index (χ3v) is 12.7. The SMILES string of the molecule is C=C/C(=C\C=C\N(C(=C)/C=C\C(=C\c1ccccc1)c1ccc(N(c2ccccc2)c2ccc(-c3ccccc3)cc2)cc1)c1ccc(-c2cccc3ccccc23)cc1)c1cccc2ccccc12. The van der Waals surface area contributed by atoms with Crippen molar-refractivity contribution in [2.75, 3.05) is 9.80 Å². The number of anilines is 4. The second-order valence-electron chi connectivity index (χ2n) is 17.1. The summed E-state index contributed by atoms with van der Waals surface area (Å²) in [5, 5.41) is 4.83. The predicted molar refractivity (Wildman–Crippen MR) is 302 cm³/mol. The Balaban J connectivity index is 0.995. The molecule has 10 rings (SSSR count). The lowest BCUT2D eigenvalue weighted by Gasteiger charge is -2.26. The zero-order valence-electron chi connectivity index (χ0n) is 39.0. The molecule has 0 saturated heterocycles. The van der Waals surface area contributed by atoms with Crippen molar-refractivity contribution < 1.29 is 0 Å². The minimum atomic E-state index is 0.803. The van der Waals surface area contributed by atoms with Crippen molar-refractivity contribution in [3.63, 3.8) is 0 Å². The third-order valence-electron chi connectivity index (χ3n) is 12.7. The van der Waals surface area contributed by atoms with E-state index in [9.17, 15) is 0 Å². The van der Waals surface area contributed by atoms with Gasteiger partial charge < -0.3 is 9.80 Å². The average molecular weight is 897 g/mol. The largest absolute Gasteiger partial charge is 0.318 e. The van der Waals surface area contributed by atoms with Crippen LogP contribution in [0.15, 0.2) is 304 Å². The molecule has 0 aliphatic rings. The molecule has 0 N–H and O–H groups in total. The summed E-state index contributed by atoms with van der Waals surface area (Å²) in [6.45, 7) is 8.90. The summed E-state index contributed by atoms with van der Waals surface area (Å²) in [4.78, 5) is 4.45. The molecule has 0 atom stereocenters. The molecule has 10 aromatic carbocycles. The van der Waals surface area contributed by atoms with Gasteiger partial charge in [0.05, 0.1) is 0 Å². The van der Waals surface area contributed by atoms with Crippen LogP contribution in [0.1, 0.15) is 16.7 Å². The number of hydrogen-bond donors (Lipinski definition) is 0. The van der Waals surface area contributed by atoms with Crippen LogP contribution in [0.2, 0.25) is 0 Å². The van der Waals surface area contributed by atoms with Crippen molar-refractivity contribution in [2.24, 2.45) is 0 Å². The molecule has 0 saturated carbocycles. The predicted octanol–water partition coefficient (Wildman–Crippen LogP) is 18.7. The summed E-state index contributed by atoms with van der Waals surface area (Å²) in [7, 11) is 0. The quantitative estimate of drug-likeness (QED) is 0.0747. The highest BCUT2D eigenvalue weighted by molar-refractivity contribution is 5.98. The Bertz CT molecular complexity index is 3520. The molecule has 2 nitrogen and oxygen atoms in total. The molecule has 0 aliphatic carbocycles. The van der Waals surface area contributed by atoms with E-state index in [4.69, 9.17) is 0 Å². The number of benzene rings is 10. The van der Waals surface area contributed by atoms with Crippen molar-refractivity contribution in [3.8, 4) is 22.3 Å². The monoisotopic (exact) mass is 896 g/mol. The second kappa shape index (κ2) is 21.2. The lowest BCUT2D eigenvalue weighted by Crippen LogP contribution is -2.13. The van der Waals surface area contributed by atoms with Gasteiger partial charge in [0, 0.05) is 34.6 Å². The van der Waals surface area contributed by atoms with Crippen LogP contribution < -0.4 is 9.80 Å². The Labute approximate surface area is 412 Å². The fourth-order valence-corrected chi connectivity index (χ4v) is 9.09. The van der Waals surface area contributed by atoms with Gasteiger partial charge in [-0.2, -0.15) is 0 Å². The maximum absolute atomic E-state index is 4.69. The highest BCUT2D eigenvalue weighted by atomic mass is 15.1. The number of allylic oxidation sites excluding steroid dienone is 7. The van der Waals surface area contributed by atoms with Crippen molar-refractivity contribution in [3.05, 3.63) is 321 Å². The minimum absolute atomic E-state index is 0.803. The molecule has 334 valence electrons. The Morgan fingerprint density at radius 2 is 0.914 bits per heavy atom. The van der Waals surface area contributed by atoms with Crippen LogP contribution in [0.4, 0.5) is 22.7 Å². The zero-order chi connectivity index (χ0) is 47.5. The zero-order valence-corrected chi connectivity index (χ0v) is 39.0. The van der Waals surface area contributed by atoms with E-state index in [0.29, 0.717) is 0 Å². The summed E-state index contributed by atoms with van der Waals surface area (Å²) in [5.41, 5.74) is 15.2. The lowest BCUT2D eigenvalue weighted by molar-refractivity contribution is 1.21. The summed E-state index contributed by atoms with van der Waals surface area (Å²) < 4.78 is 0. The Kier molecular flexibility index (Phi) is 13.5. The molecule has 2 heteroatoms. The van der Waals surface area contributed by atoms with Crippen LogP contribution in [0.3, 0.4) is 0 Å². The lowest BCUT2D eigenvalue weighted by atomic mass is 9.98. The van der Waals surface area contributed by atoms with E-state index in [0.717, 1.165) is 61.8 Å². The molecule has 10 aromatic rings. The van der Waals surface area contributed by atoms with Crippen LogP contribution in [0.5, 0.6) is 0 Å². The summed E-state index contributed by atoms with van der Waals surface area (Å²) in [6.07, 6.45) is 14.8. The molecule has 70 heavy (non-hydrogen) atoms. The molecule has 0 heterocycles. The van der Waals surface area contributed by atoms with Gasteiger partial charge in [0.1, 0.15) is 0 Å². The molecule has 0 bridgehead atoms. The van der Waals surface area contributed by atoms with Gasteiger partial charge in [-0.3, -0.25) is 0 Å². The van der Waals surface area contributed by atoms with Crippen molar-refractivity contribution >= 4 is 61.5 Å². The molecule has 0 spiro atoms. The normalized spacial score (nSPS) is 11.9. The number of para-hydroxylation sites is 1. The molecule has 0 aromatic heterocycles. The third kappa shape index (κ3) is 10.0. The Hall–Kier alpha value is -9.24. The molecular weight excluding hydrogens is 845 g/mol. The van der Waals surface area contributed by atoms with Crippen LogP contribution in [0.25, 0.3) is 61.0 Å². The molecule has 0 radical (unpaired) electrons. The molecular formula is C68H52N2. The number of fused-ring (bicyclic) bond motifs is 2. The molecule has 0 aliphatic heterocycles. The van der Waals surface area contributed by atoms with Gasteiger partial charge in [-0.25, -0.2) is 0 Å². The summed E-state index contributed by atoms with van der Waals surface area (Å²) >= 11 is 0. The maximum atomic E-state index is 4.69. The Morgan fingerprint density at radius 3 is 1.60 bits per heavy atom. The Morgan fingerprint density at radius 1 is 0.400 bits per heavy atom. The van der Waals surface area contributed by atoms with E-state index >= 15 is 0 Å². The minimum Gasteiger partial charge on any atom is -0.318 e. The van der Waals surface area contributed by atoms with Crippen LogP contribution >= 0.6 is 0 Å². The second-order valence-corrected chi connectivity index (χ2v) is 17.1. The first kappa shape index (κ1) is 44.6. The highest BCUT2D eigenvalue weighted by Gasteiger charge is 2.14. The topological polar surface area (TPSA) is 6.48 Å². The van der Waals surface area contributed by atoms with E-state index in [1.165, 1.54) is 38.2 Å². The first-order valence-corrected chi connectivity index (χ1v) is 23.7.